The number of aryl methyl sites for hydroxylation is 3. The first-order chi connectivity index (χ1) is 17.1. The molecule has 0 atom stereocenters. The number of thiocarbonyl (C=S) groups is 1. The van der Waals surface area contributed by atoms with Crippen molar-refractivity contribution in [3.05, 3.63) is 101 Å². The molecule has 35 heavy (non-hydrogen) atoms. The van der Waals surface area contributed by atoms with Crippen LogP contribution in [-0.2, 0) is 12.8 Å². The van der Waals surface area contributed by atoms with E-state index in [9.17, 15) is 0 Å². The van der Waals surface area contributed by atoms with E-state index >= 15 is 0 Å². The molecule has 1 aliphatic rings. The van der Waals surface area contributed by atoms with Crippen molar-refractivity contribution in [3.63, 3.8) is 0 Å². The maximum atomic E-state index is 6.18. The Morgan fingerprint density at radius 1 is 0.857 bits per heavy atom. The quantitative estimate of drug-likeness (QED) is 0.262. The monoisotopic (exact) mass is 496 g/mol. The van der Waals surface area contributed by atoms with Gasteiger partial charge in [0.1, 0.15) is 0 Å². The standard InChI is InChI=1S/C29H25ClN4S/c1-19-11-13-21(14-12-19)27-25-10-6-5-9-24-26(20-15-17-22(30)18-16-20)32-28(33(24)25)34(27)29(35)31-23-7-3-2-4-8-23/h2-4,7-8,11-18H,5-6,9-10H2,1H3,(H,31,35). The van der Waals surface area contributed by atoms with Crippen LogP contribution in [0.4, 0.5) is 5.69 Å². The van der Waals surface area contributed by atoms with Crippen LogP contribution in [0.5, 0.6) is 0 Å². The highest BCUT2D eigenvalue weighted by Gasteiger charge is 2.28. The zero-order valence-electron chi connectivity index (χ0n) is 19.5. The number of rotatable bonds is 3. The summed E-state index contributed by atoms with van der Waals surface area (Å²) < 4.78 is 4.47. The number of para-hydroxylation sites is 1. The lowest BCUT2D eigenvalue weighted by atomic mass is 10.0. The Hall–Kier alpha value is -3.41. The van der Waals surface area contributed by atoms with Crippen LogP contribution in [0.3, 0.4) is 0 Å². The summed E-state index contributed by atoms with van der Waals surface area (Å²) >= 11 is 12.2. The average Bonchev–Trinajstić information content (AvgIpc) is 3.28. The van der Waals surface area contributed by atoms with Gasteiger partial charge in [-0.05, 0) is 69.1 Å². The summed E-state index contributed by atoms with van der Waals surface area (Å²) in [6.07, 6.45) is 4.20. The number of anilines is 1. The number of hydrogen-bond donors (Lipinski definition) is 1. The van der Waals surface area contributed by atoms with Gasteiger partial charge in [-0.1, -0.05) is 71.8 Å². The minimum atomic E-state index is 0.614. The van der Waals surface area contributed by atoms with E-state index in [0.717, 1.165) is 64.7 Å². The lowest BCUT2D eigenvalue weighted by Gasteiger charge is -2.14. The Morgan fingerprint density at radius 3 is 2.23 bits per heavy atom. The van der Waals surface area contributed by atoms with E-state index in [1.165, 1.54) is 17.0 Å². The third kappa shape index (κ3) is 3.95. The Bertz CT molecular complexity index is 1530. The molecule has 5 aromatic rings. The highest BCUT2D eigenvalue weighted by Crippen LogP contribution is 2.37. The molecule has 0 saturated heterocycles. The fourth-order valence-corrected chi connectivity index (χ4v) is 5.41. The summed E-state index contributed by atoms with van der Waals surface area (Å²) in [5.41, 5.74) is 9.04. The van der Waals surface area contributed by atoms with Crippen molar-refractivity contribution in [3.8, 4) is 22.5 Å². The molecular formula is C29H25ClN4S. The van der Waals surface area contributed by atoms with Crippen molar-refractivity contribution in [2.75, 3.05) is 5.32 Å². The Balaban J connectivity index is 1.62. The molecular weight excluding hydrogens is 472 g/mol. The summed E-state index contributed by atoms with van der Waals surface area (Å²) in [4.78, 5) is 5.21. The van der Waals surface area contributed by atoms with Gasteiger partial charge in [-0.15, -0.1) is 0 Å². The number of halogens is 1. The summed E-state index contributed by atoms with van der Waals surface area (Å²) in [5.74, 6) is 0.853. The fourth-order valence-electron chi connectivity index (χ4n) is 4.99. The molecule has 0 aliphatic carbocycles. The van der Waals surface area contributed by atoms with Gasteiger partial charge in [0.25, 0.3) is 0 Å². The van der Waals surface area contributed by atoms with Crippen LogP contribution < -0.4 is 5.32 Å². The van der Waals surface area contributed by atoms with E-state index < -0.39 is 0 Å². The van der Waals surface area contributed by atoms with Gasteiger partial charge < -0.3 is 5.32 Å². The molecule has 4 nitrogen and oxygen atoms in total. The summed E-state index contributed by atoms with van der Waals surface area (Å²) in [5, 5.41) is 4.78. The highest BCUT2D eigenvalue weighted by molar-refractivity contribution is 7.80. The molecule has 174 valence electrons. The predicted molar refractivity (Wildman–Crippen MR) is 149 cm³/mol. The molecule has 0 spiro atoms. The Morgan fingerprint density at radius 2 is 1.51 bits per heavy atom. The highest BCUT2D eigenvalue weighted by atomic mass is 35.5. The zero-order valence-corrected chi connectivity index (χ0v) is 21.0. The molecule has 6 rings (SSSR count). The molecule has 0 amide bonds. The van der Waals surface area contributed by atoms with E-state index in [0.29, 0.717) is 5.11 Å². The first kappa shape index (κ1) is 22.1. The van der Waals surface area contributed by atoms with Gasteiger partial charge in [-0.25, -0.2) is 4.98 Å². The summed E-state index contributed by atoms with van der Waals surface area (Å²) in [7, 11) is 0. The maximum absolute atomic E-state index is 6.18. The zero-order chi connectivity index (χ0) is 23.9. The number of benzene rings is 3. The average molecular weight is 497 g/mol. The van der Waals surface area contributed by atoms with Gasteiger partial charge in [-0.3, -0.25) is 8.97 Å². The third-order valence-corrected chi connectivity index (χ3v) is 7.21. The molecule has 2 aromatic heterocycles. The first-order valence-corrected chi connectivity index (χ1v) is 12.7. The molecule has 0 radical (unpaired) electrons. The van der Waals surface area contributed by atoms with Gasteiger partial charge in [-0.2, -0.15) is 0 Å². The normalized spacial score (nSPS) is 13.1. The smallest absolute Gasteiger partial charge is 0.222 e. The third-order valence-electron chi connectivity index (χ3n) is 6.67. The van der Waals surface area contributed by atoms with Gasteiger partial charge in [0.2, 0.25) is 5.78 Å². The van der Waals surface area contributed by atoms with Gasteiger partial charge in [0.05, 0.1) is 22.8 Å². The van der Waals surface area contributed by atoms with Crippen molar-refractivity contribution in [1.29, 1.82) is 0 Å². The minimum Gasteiger partial charge on any atom is -0.332 e. The van der Waals surface area contributed by atoms with Crippen molar-refractivity contribution >= 4 is 40.4 Å². The number of imidazole rings is 2. The number of nitrogens with one attached hydrogen (secondary N) is 1. The molecule has 3 heterocycles. The molecule has 0 saturated carbocycles. The first-order valence-electron chi connectivity index (χ1n) is 11.9. The molecule has 1 N–H and O–H groups in total. The molecule has 1 aliphatic heterocycles. The van der Waals surface area contributed by atoms with E-state index in [1.807, 2.05) is 42.5 Å². The topological polar surface area (TPSA) is 34.3 Å². The second kappa shape index (κ2) is 8.99. The lowest BCUT2D eigenvalue weighted by molar-refractivity contribution is 0.752. The maximum Gasteiger partial charge on any atom is 0.222 e. The van der Waals surface area contributed by atoms with Crippen LogP contribution >= 0.6 is 23.8 Å². The van der Waals surface area contributed by atoms with Crippen molar-refractivity contribution in [2.45, 2.75) is 32.6 Å². The van der Waals surface area contributed by atoms with Gasteiger partial charge >= 0.3 is 0 Å². The molecule has 0 fully saturated rings. The van der Waals surface area contributed by atoms with Gasteiger partial charge in [0, 0.05) is 21.8 Å². The van der Waals surface area contributed by atoms with Crippen molar-refractivity contribution in [2.24, 2.45) is 0 Å². The fraction of sp³-hybridized carbons (Fsp3) is 0.172. The minimum absolute atomic E-state index is 0.614. The SMILES string of the molecule is Cc1ccc(-c2c3n4c(c(-c5ccc(Cl)cc5)nc4n2C(=S)Nc2ccccc2)CCCC3)cc1. The van der Waals surface area contributed by atoms with Crippen LogP contribution in [0.25, 0.3) is 28.3 Å². The van der Waals surface area contributed by atoms with Crippen LogP contribution in [0.2, 0.25) is 5.02 Å². The number of hydrogen-bond acceptors (Lipinski definition) is 2. The predicted octanol–water partition coefficient (Wildman–Crippen LogP) is 7.56. The van der Waals surface area contributed by atoms with E-state index in [2.05, 4.69) is 57.6 Å². The summed E-state index contributed by atoms with van der Waals surface area (Å²) in [6.45, 7) is 2.11. The lowest BCUT2D eigenvalue weighted by Crippen LogP contribution is -2.20. The molecule has 0 unspecified atom stereocenters. The van der Waals surface area contributed by atoms with Crippen molar-refractivity contribution < 1.29 is 0 Å². The number of aromatic nitrogens is 3. The van der Waals surface area contributed by atoms with Crippen LogP contribution in [0.1, 0.15) is 29.8 Å². The second-order valence-corrected chi connectivity index (χ2v) is 9.87. The van der Waals surface area contributed by atoms with E-state index in [1.54, 1.807) is 0 Å². The van der Waals surface area contributed by atoms with Crippen molar-refractivity contribution in [1.82, 2.24) is 14.0 Å². The summed E-state index contributed by atoms with van der Waals surface area (Å²) in [6, 6.07) is 26.7. The van der Waals surface area contributed by atoms with Crippen LogP contribution in [0.15, 0.2) is 78.9 Å². The van der Waals surface area contributed by atoms with Gasteiger partial charge in [0.15, 0.2) is 5.11 Å². The molecule has 0 bridgehead atoms. The van der Waals surface area contributed by atoms with E-state index in [-0.39, 0.29) is 0 Å². The van der Waals surface area contributed by atoms with Crippen LogP contribution in [-0.4, -0.2) is 19.1 Å². The largest absolute Gasteiger partial charge is 0.332 e. The number of nitrogens with zero attached hydrogens (tertiary/aromatic N) is 3. The molecule has 3 aromatic carbocycles. The Kier molecular flexibility index (Phi) is 5.67. The second-order valence-electron chi connectivity index (χ2n) is 9.05. The van der Waals surface area contributed by atoms with Crippen LogP contribution in [0, 0.1) is 6.92 Å². The molecule has 6 heteroatoms. The Labute approximate surface area is 215 Å². The van der Waals surface area contributed by atoms with E-state index in [4.69, 9.17) is 28.8 Å².